The van der Waals surface area contributed by atoms with Crippen molar-refractivity contribution < 1.29 is 4.79 Å². The summed E-state index contributed by atoms with van der Waals surface area (Å²) < 4.78 is 0. The average Bonchev–Trinajstić information content (AvgIpc) is 2.80. The van der Waals surface area contributed by atoms with Crippen molar-refractivity contribution in [1.82, 2.24) is 9.97 Å². The Morgan fingerprint density at radius 1 is 0.844 bits per heavy atom. The fourth-order valence-electron chi connectivity index (χ4n) is 3.91. The smallest absolute Gasteiger partial charge is 0.229 e. The topological polar surface area (TPSA) is 74.8 Å². The minimum Gasteiger partial charge on any atom is -0.353 e. The van der Waals surface area contributed by atoms with Crippen molar-refractivity contribution in [2.75, 3.05) is 5.32 Å². The van der Waals surface area contributed by atoms with Crippen molar-refractivity contribution in [2.45, 2.75) is 12.8 Å². The Balaban J connectivity index is 1.58. The Morgan fingerprint density at radius 3 is 2.31 bits per heavy atom. The summed E-state index contributed by atoms with van der Waals surface area (Å²) in [7, 11) is 0. The molecule has 5 nitrogen and oxygen atoms in total. The van der Waals surface area contributed by atoms with Crippen LogP contribution < -0.4 is 10.7 Å². The van der Waals surface area contributed by atoms with Crippen LogP contribution in [0.2, 0.25) is 0 Å². The Labute approximate surface area is 184 Å². The van der Waals surface area contributed by atoms with Crippen LogP contribution in [0.3, 0.4) is 0 Å². The van der Waals surface area contributed by atoms with E-state index in [2.05, 4.69) is 10.3 Å². The molecular formula is C27H21N3O2. The number of nitrogens with one attached hydrogen (secondary N) is 2. The van der Waals surface area contributed by atoms with Gasteiger partial charge in [0, 0.05) is 11.8 Å². The lowest BCUT2D eigenvalue weighted by Gasteiger charge is -2.14. The van der Waals surface area contributed by atoms with Crippen LogP contribution in [0.25, 0.3) is 21.8 Å². The molecule has 5 rings (SSSR count). The van der Waals surface area contributed by atoms with Crippen molar-refractivity contribution in [2.24, 2.45) is 0 Å². The van der Waals surface area contributed by atoms with Crippen molar-refractivity contribution in [3.05, 3.63) is 118 Å². The van der Waals surface area contributed by atoms with E-state index < -0.39 is 0 Å². The normalized spacial score (nSPS) is 11.0. The van der Waals surface area contributed by atoms with Gasteiger partial charge < -0.3 is 10.3 Å². The van der Waals surface area contributed by atoms with Gasteiger partial charge in [0.15, 0.2) is 11.2 Å². The van der Waals surface area contributed by atoms with Gasteiger partial charge in [0.05, 0.1) is 23.1 Å². The number of nitrogens with zero attached hydrogens (tertiary/aromatic N) is 1. The third kappa shape index (κ3) is 4.14. The molecule has 2 N–H and O–H groups in total. The van der Waals surface area contributed by atoms with Crippen LogP contribution in [0.1, 0.15) is 16.8 Å². The van der Waals surface area contributed by atoms with Gasteiger partial charge in [-0.25, -0.2) is 4.98 Å². The van der Waals surface area contributed by atoms with Crippen molar-refractivity contribution >= 4 is 33.5 Å². The van der Waals surface area contributed by atoms with E-state index in [1.807, 2.05) is 78.9 Å². The molecule has 5 aromatic rings. The summed E-state index contributed by atoms with van der Waals surface area (Å²) in [6, 6.07) is 28.4. The minimum atomic E-state index is -0.123. The van der Waals surface area contributed by atoms with E-state index in [1.165, 1.54) is 0 Å². The molecule has 0 aliphatic heterocycles. The van der Waals surface area contributed by atoms with E-state index >= 15 is 0 Å². The fraction of sp³-hybridized carbons (Fsp3) is 0.0741. The van der Waals surface area contributed by atoms with E-state index in [-0.39, 0.29) is 17.8 Å². The lowest BCUT2D eigenvalue weighted by molar-refractivity contribution is -0.115. The molecule has 4 aromatic carbocycles. The van der Waals surface area contributed by atoms with Gasteiger partial charge >= 0.3 is 0 Å². The predicted octanol–water partition coefficient (Wildman–Crippen LogP) is 4.85. The Kier molecular flexibility index (Phi) is 5.22. The van der Waals surface area contributed by atoms with E-state index in [0.717, 1.165) is 38.6 Å². The molecule has 0 atom stereocenters. The summed E-state index contributed by atoms with van der Waals surface area (Å²) in [4.78, 5) is 32.8. The second kappa shape index (κ2) is 8.47. The zero-order valence-corrected chi connectivity index (χ0v) is 17.3. The van der Waals surface area contributed by atoms with Crippen LogP contribution in [0.5, 0.6) is 0 Å². The van der Waals surface area contributed by atoms with Crippen molar-refractivity contribution in [1.29, 1.82) is 0 Å². The summed E-state index contributed by atoms with van der Waals surface area (Å²) in [6.45, 7) is 0. The molecule has 0 saturated heterocycles. The van der Waals surface area contributed by atoms with Gasteiger partial charge in [-0.05, 0) is 40.8 Å². The number of amides is 1. The minimum absolute atomic E-state index is 0.0286. The zero-order chi connectivity index (χ0) is 21.9. The van der Waals surface area contributed by atoms with Crippen LogP contribution in [-0.2, 0) is 17.6 Å². The third-order valence-corrected chi connectivity index (χ3v) is 5.45. The number of fused-ring (bicyclic) bond motifs is 3. The molecule has 1 heterocycles. The first-order valence-corrected chi connectivity index (χ1v) is 10.5. The largest absolute Gasteiger partial charge is 0.353 e. The molecule has 0 saturated carbocycles. The number of hydrogen-bond acceptors (Lipinski definition) is 3. The lowest BCUT2D eigenvalue weighted by atomic mass is 10.1. The summed E-state index contributed by atoms with van der Waals surface area (Å²) in [5.74, 6) is 0.393. The summed E-state index contributed by atoms with van der Waals surface area (Å²) in [5.41, 5.74) is 4.39. The van der Waals surface area contributed by atoms with Gasteiger partial charge in [0.2, 0.25) is 5.91 Å². The Hall–Kier alpha value is -4.25. The number of aromatic amines is 1. The molecule has 5 heteroatoms. The van der Waals surface area contributed by atoms with Crippen LogP contribution in [0.15, 0.2) is 95.8 Å². The maximum Gasteiger partial charge on any atom is 0.229 e. The first-order chi connectivity index (χ1) is 15.7. The monoisotopic (exact) mass is 419 g/mol. The maximum absolute atomic E-state index is 12.8. The standard InChI is InChI=1S/C27H21N3O2/c31-21-12-13-22-20(17-21)11-14-23-26(22)28-24(15-18-7-3-1-4-8-18)27(29-23)30-25(32)16-19-9-5-2-6-10-19/h1-14,17,28H,15-16H2,(H,30,32). The van der Waals surface area contributed by atoms with Gasteiger partial charge in [0.25, 0.3) is 0 Å². The van der Waals surface area contributed by atoms with E-state index in [0.29, 0.717) is 12.2 Å². The van der Waals surface area contributed by atoms with E-state index in [4.69, 9.17) is 4.98 Å². The first kappa shape index (κ1) is 19.7. The Bertz CT molecular complexity index is 1480. The van der Waals surface area contributed by atoms with Gasteiger partial charge in [-0.1, -0.05) is 66.7 Å². The van der Waals surface area contributed by atoms with Gasteiger partial charge in [0.1, 0.15) is 0 Å². The highest BCUT2D eigenvalue weighted by Gasteiger charge is 2.14. The molecule has 0 bridgehead atoms. The molecule has 1 aromatic heterocycles. The van der Waals surface area contributed by atoms with Crippen LogP contribution >= 0.6 is 0 Å². The third-order valence-electron chi connectivity index (χ3n) is 5.45. The van der Waals surface area contributed by atoms with Gasteiger partial charge in [-0.3, -0.25) is 9.59 Å². The molecule has 32 heavy (non-hydrogen) atoms. The molecule has 0 spiro atoms. The number of benzene rings is 4. The summed E-state index contributed by atoms with van der Waals surface area (Å²) in [5, 5.41) is 4.78. The lowest BCUT2D eigenvalue weighted by Crippen LogP contribution is -2.17. The number of anilines is 1. The number of carbonyl (C=O) groups is 1. The number of aromatic nitrogens is 2. The summed E-state index contributed by atoms with van der Waals surface area (Å²) >= 11 is 0. The molecule has 156 valence electrons. The van der Waals surface area contributed by atoms with Crippen LogP contribution in [0.4, 0.5) is 5.82 Å². The quantitative estimate of drug-likeness (QED) is 0.400. The SMILES string of the molecule is O=C(Cc1ccccc1)Nc1nc2ccc3cc(=O)ccc3c2[nH]c1Cc1ccccc1. The van der Waals surface area contributed by atoms with Crippen LogP contribution in [-0.4, -0.2) is 15.9 Å². The molecule has 0 radical (unpaired) electrons. The Morgan fingerprint density at radius 2 is 1.56 bits per heavy atom. The predicted molar refractivity (Wildman–Crippen MR) is 128 cm³/mol. The maximum atomic E-state index is 12.8. The highest BCUT2D eigenvalue weighted by Crippen LogP contribution is 2.26. The van der Waals surface area contributed by atoms with Crippen molar-refractivity contribution in [3.63, 3.8) is 0 Å². The number of hydrogen-bond donors (Lipinski definition) is 2. The van der Waals surface area contributed by atoms with Crippen LogP contribution in [0, 0.1) is 0 Å². The average molecular weight is 419 g/mol. The molecule has 1 amide bonds. The van der Waals surface area contributed by atoms with Gasteiger partial charge in [-0.15, -0.1) is 0 Å². The number of rotatable bonds is 5. The fourth-order valence-corrected chi connectivity index (χ4v) is 3.91. The molecule has 0 aliphatic rings. The molecule has 0 fully saturated rings. The number of H-pyrrole nitrogens is 1. The number of carbonyl (C=O) groups excluding carboxylic acids is 1. The summed E-state index contributed by atoms with van der Waals surface area (Å²) in [6.07, 6.45) is 0.857. The van der Waals surface area contributed by atoms with E-state index in [1.54, 1.807) is 12.1 Å². The van der Waals surface area contributed by atoms with E-state index in [9.17, 15) is 9.59 Å². The highest BCUT2D eigenvalue weighted by atomic mass is 16.1. The molecule has 0 aliphatic carbocycles. The second-order valence-electron chi connectivity index (χ2n) is 7.78. The zero-order valence-electron chi connectivity index (χ0n) is 17.3. The van der Waals surface area contributed by atoms with Gasteiger partial charge in [-0.2, -0.15) is 0 Å². The second-order valence-corrected chi connectivity index (χ2v) is 7.78. The highest BCUT2D eigenvalue weighted by molar-refractivity contribution is 6.04. The molecule has 0 unspecified atom stereocenters. The first-order valence-electron chi connectivity index (χ1n) is 10.5. The van der Waals surface area contributed by atoms with Crippen molar-refractivity contribution in [3.8, 4) is 0 Å². The molecular weight excluding hydrogens is 398 g/mol.